The van der Waals surface area contributed by atoms with Crippen LogP contribution in [0.1, 0.15) is 31.7 Å². The van der Waals surface area contributed by atoms with Crippen LogP contribution in [0.25, 0.3) is 0 Å². The maximum Gasteiger partial charge on any atom is 0.229 e. The molecule has 0 radical (unpaired) electrons. The summed E-state index contributed by atoms with van der Waals surface area (Å²) in [5.41, 5.74) is 0.768. The van der Waals surface area contributed by atoms with Crippen molar-refractivity contribution in [2.45, 2.75) is 43.1 Å². The van der Waals surface area contributed by atoms with E-state index in [0.29, 0.717) is 6.42 Å². The molecule has 0 spiro atoms. The number of halogens is 2. The quantitative estimate of drug-likeness (QED) is 0.806. The second-order valence-electron chi connectivity index (χ2n) is 6.87. The van der Waals surface area contributed by atoms with Crippen LogP contribution in [0.3, 0.4) is 0 Å². The maximum atomic E-state index is 12.3. The lowest BCUT2D eigenvalue weighted by Gasteiger charge is -2.30. The van der Waals surface area contributed by atoms with Gasteiger partial charge >= 0.3 is 0 Å². The number of carbonyl (C=O) groups excluding carboxylic acids is 1. The van der Waals surface area contributed by atoms with E-state index >= 15 is 0 Å². The van der Waals surface area contributed by atoms with Crippen LogP contribution >= 0.6 is 23.2 Å². The van der Waals surface area contributed by atoms with Crippen LogP contribution in [0.15, 0.2) is 30.3 Å². The fourth-order valence-corrected chi connectivity index (χ4v) is 3.93. The monoisotopic (exact) mass is 341 g/mol. The zero-order valence-electron chi connectivity index (χ0n) is 12.9. The molecule has 1 saturated heterocycles. The number of rotatable bonds is 4. The molecule has 0 bridgehead atoms. The summed E-state index contributed by atoms with van der Waals surface area (Å²) >= 11 is 12.1. The number of hydrogen-bond acceptors (Lipinski definition) is 1. The van der Waals surface area contributed by atoms with E-state index in [1.54, 1.807) is 4.90 Å². The minimum absolute atomic E-state index is 0.00834. The summed E-state index contributed by atoms with van der Waals surface area (Å²) in [7, 11) is 0. The lowest BCUT2D eigenvalue weighted by Crippen LogP contribution is -3.12. The Labute approximate surface area is 142 Å². The van der Waals surface area contributed by atoms with Crippen LogP contribution in [0.2, 0.25) is 0 Å². The normalized spacial score (nSPS) is 33.2. The number of likely N-dealkylation sites (tertiary alicyclic amines) is 1. The van der Waals surface area contributed by atoms with Crippen molar-refractivity contribution in [3.05, 3.63) is 35.9 Å². The Kier molecular flexibility index (Phi) is 4.41. The highest BCUT2D eigenvalue weighted by Crippen LogP contribution is 2.63. The number of quaternary nitrogens is 1. The maximum absolute atomic E-state index is 12.3. The predicted octanol–water partition coefficient (Wildman–Crippen LogP) is 1.93. The standard InChI is InChI=1S/C17H22Cl2N2O/c1-16(12-17(16,18)19)15(22)20-14-7-9-21(10-8-14)11-13-5-3-2-4-6-13/h2-6,14H,7-12H2,1H3,(H,20,22)/p+1/t16-/m1/s1. The molecular formula is C17H23Cl2N2O+. The van der Waals surface area contributed by atoms with E-state index < -0.39 is 9.75 Å². The van der Waals surface area contributed by atoms with E-state index in [1.807, 2.05) is 13.0 Å². The van der Waals surface area contributed by atoms with Crippen molar-refractivity contribution in [2.24, 2.45) is 5.41 Å². The molecule has 2 N–H and O–H groups in total. The van der Waals surface area contributed by atoms with Crippen molar-refractivity contribution < 1.29 is 9.69 Å². The highest BCUT2D eigenvalue weighted by atomic mass is 35.5. The predicted molar refractivity (Wildman–Crippen MR) is 89.2 cm³/mol. The van der Waals surface area contributed by atoms with E-state index in [9.17, 15) is 4.79 Å². The lowest BCUT2D eigenvalue weighted by atomic mass is 10.0. The lowest BCUT2D eigenvalue weighted by molar-refractivity contribution is -0.918. The van der Waals surface area contributed by atoms with Gasteiger partial charge in [-0.2, -0.15) is 0 Å². The number of carbonyl (C=O) groups is 1. The zero-order valence-corrected chi connectivity index (χ0v) is 14.4. The molecule has 3 rings (SSSR count). The van der Waals surface area contributed by atoms with Crippen molar-refractivity contribution in [3.63, 3.8) is 0 Å². The molecule has 1 amide bonds. The van der Waals surface area contributed by atoms with Gasteiger partial charge in [-0.05, 0) is 13.3 Å². The Morgan fingerprint density at radius 1 is 1.27 bits per heavy atom. The minimum atomic E-state index is -0.879. The van der Waals surface area contributed by atoms with Gasteiger partial charge in [-0.25, -0.2) is 0 Å². The molecule has 22 heavy (non-hydrogen) atoms. The van der Waals surface area contributed by atoms with Gasteiger partial charge in [0.25, 0.3) is 0 Å². The summed E-state index contributed by atoms with van der Waals surface area (Å²) < 4.78 is -0.879. The third-order valence-corrected chi connectivity index (χ3v) is 6.19. The van der Waals surface area contributed by atoms with Gasteiger partial charge in [0, 0.05) is 24.4 Å². The van der Waals surface area contributed by atoms with Crippen molar-refractivity contribution in [3.8, 4) is 0 Å². The van der Waals surface area contributed by atoms with Gasteiger partial charge in [0.15, 0.2) is 0 Å². The Morgan fingerprint density at radius 3 is 2.41 bits per heavy atom. The molecule has 1 saturated carbocycles. The SMILES string of the molecule is C[C@]1(C(=O)NC2CC[NH+](Cc3ccccc3)CC2)CC1(Cl)Cl. The smallest absolute Gasteiger partial charge is 0.229 e. The molecule has 0 aromatic heterocycles. The van der Waals surface area contributed by atoms with Crippen molar-refractivity contribution in [2.75, 3.05) is 13.1 Å². The second-order valence-corrected chi connectivity index (χ2v) is 8.36. The molecule has 2 fully saturated rings. The number of benzene rings is 1. The first kappa shape index (κ1) is 16.1. The number of hydrogen-bond donors (Lipinski definition) is 2. The van der Waals surface area contributed by atoms with Gasteiger partial charge in [0.2, 0.25) is 5.91 Å². The third-order valence-electron chi connectivity index (χ3n) is 5.08. The molecule has 0 unspecified atom stereocenters. The highest BCUT2D eigenvalue weighted by molar-refractivity contribution is 6.53. The van der Waals surface area contributed by atoms with Gasteiger partial charge in [0.05, 0.1) is 18.5 Å². The van der Waals surface area contributed by atoms with Gasteiger partial charge < -0.3 is 10.2 Å². The second kappa shape index (κ2) is 6.03. The molecule has 1 atom stereocenters. The van der Waals surface area contributed by atoms with Crippen molar-refractivity contribution >= 4 is 29.1 Å². The number of alkyl halides is 2. The third kappa shape index (κ3) is 3.27. The summed E-state index contributed by atoms with van der Waals surface area (Å²) in [4.78, 5) is 13.9. The van der Waals surface area contributed by atoms with Crippen LogP contribution in [-0.2, 0) is 11.3 Å². The highest BCUT2D eigenvalue weighted by Gasteiger charge is 2.68. The summed E-state index contributed by atoms with van der Waals surface area (Å²) in [6, 6.07) is 10.8. The molecule has 120 valence electrons. The van der Waals surface area contributed by atoms with Gasteiger partial charge in [-0.15, -0.1) is 23.2 Å². The first-order valence-electron chi connectivity index (χ1n) is 7.97. The van der Waals surface area contributed by atoms with Crippen LogP contribution in [-0.4, -0.2) is 29.4 Å². The number of piperidine rings is 1. The van der Waals surface area contributed by atoms with Crippen LogP contribution in [0, 0.1) is 5.41 Å². The van der Waals surface area contributed by atoms with E-state index in [0.717, 1.165) is 32.5 Å². The first-order valence-corrected chi connectivity index (χ1v) is 8.73. The molecule has 1 aromatic rings. The molecule has 5 heteroatoms. The van der Waals surface area contributed by atoms with E-state index in [2.05, 4.69) is 29.6 Å². The Morgan fingerprint density at radius 2 is 1.86 bits per heavy atom. The minimum Gasteiger partial charge on any atom is -0.352 e. The Balaban J connectivity index is 1.45. The fourth-order valence-electron chi connectivity index (χ4n) is 3.22. The first-order chi connectivity index (χ1) is 10.4. The van der Waals surface area contributed by atoms with E-state index in [1.165, 1.54) is 5.56 Å². The molecule has 1 aliphatic heterocycles. The van der Waals surface area contributed by atoms with Gasteiger partial charge in [-0.1, -0.05) is 30.3 Å². The van der Waals surface area contributed by atoms with Gasteiger partial charge in [0.1, 0.15) is 10.9 Å². The topological polar surface area (TPSA) is 33.5 Å². The molecule has 1 heterocycles. The van der Waals surface area contributed by atoms with Crippen LogP contribution in [0.5, 0.6) is 0 Å². The van der Waals surface area contributed by atoms with Crippen LogP contribution < -0.4 is 10.2 Å². The molecule has 3 nitrogen and oxygen atoms in total. The number of amides is 1. The summed E-state index contributed by atoms with van der Waals surface area (Å²) in [5, 5.41) is 3.14. The Hall–Kier alpha value is -0.770. The largest absolute Gasteiger partial charge is 0.352 e. The molecule has 1 aliphatic carbocycles. The molecule has 2 aliphatic rings. The summed E-state index contributed by atoms with van der Waals surface area (Å²) in [5.74, 6) is 0.00834. The van der Waals surface area contributed by atoms with Crippen molar-refractivity contribution in [1.29, 1.82) is 0 Å². The van der Waals surface area contributed by atoms with Crippen LogP contribution in [0.4, 0.5) is 0 Å². The van der Waals surface area contributed by atoms with E-state index in [4.69, 9.17) is 23.2 Å². The zero-order chi connectivity index (χ0) is 15.8. The number of nitrogens with one attached hydrogen (secondary N) is 2. The van der Waals surface area contributed by atoms with E-state index in [-0.39, 0.29) is 11.9 Å². The van der Waals surface area contributed by atoms with Gasteiger partial charge in [-0.3, -0.25) is 4.79 Å². The summed E-state index contributed by atoms with van der Waals surface area (Å²) in [6.07, 6.45) is 2.58. The van der Waals surface area contributed by atoms with Crippen molar-refractivity contribution in [1.82, 2.24) is 5.32 Å². The average molecular weight is 342 g/mol. The molecular weight excluding hydrogens is 319 g/mol. The molecule has 1 aromatic carbocycles. The Bertz CT molecular complexity index is 541. The fraction of sp³-hybridized carbons (Fsp3) is 0.588. The average Bonchev–Trinajstić information content (AvgIpc) is 3.02. The summed E-state index contributed by atoms with van der Waals surface area (Å²) in [6.45, 7) is 5.08.